The van der Waals surface area contributed by atoms with Gasteiger partial charge in [0.15, 0.2) is 0 Å². The highest BCUT2D eigenvalue weighted by molar-refractivity contribution is 5.76. The third-order valence-corrected chi connectivity index (χ3v) is 17.0. The van der Waals surface area contributed by atoms with E-state index >= 15 is 0 Å². The number of esters is 1. The summed E-state index contributed by atoms with van der Waals surface area (Å²) in [6.45, 7) is 4.98. The predicted molar refractivity (Wildman–Crippen MR) is 347 cm³/mol. The highest BCUT2D eigenvalue weighted by Crippen LogP contribution is 2.19. The van der Waals surface area contributed by atoms with Crippen LogP contribution in [0.25, 0.3) is 0 Å². The van der Waals surface area contributed by atoms with Gasteiger partial charge in [0, 0.05) is 12.8 Å². The van der Waals surface area contributed by atoms with Crippen molar-refractivity contribution in [1.29, 1.82) is 0 Å². The Balaban J connectivity index is 3.37. The molecule has 79 heavy (non-hydrogen) atoms. The van der Waals surface area contributed by atoms with Crippen LogP contribution < -0.4 is 5.32 Å². The number of unbranched alkanes of at least 4 members (excludes halogenated alkanes) is 53. The first kappa shape index (κ1) is 77.3. The molecule has 0 saturated heterocycles. The van der Waals surface area contributed by atoms with Gasteiger partial charge in [-0.2, -0.15) is 0 Å². The Morgan fingerprint density at radius 3 is 0.899 bits per heavy atom. The lowest BCUT2D eigenvalue weighted by atomic mass is 10.0. The zero-order valence-corrected chi connectivity index (χ0v) is 53.6. The molecule has 0 fully saturated rings. The molecule has 0 radical (unpaired) electrons. The average Bonchev–Trinajstić information content (AvgIpc) is 3.45. The summed E-state index contributed by atoms with van der Waals surface area (Å²) in [6, 6.07) is -0.542. The fourth-order valence-corrected chi connectivity index (χ4v) is 11.5. The van der Waals surface area contributed by atoms with Gasteiger partial charge in [0.2, 0.25) is 5.91 Å². The predicted octanol–water partition coefficient (Wildman–Crippen LogP) is 23.3. The van der Waals surface area contributed by atoms with Gasteiger partial charge in [-0.1, -0.05) is 340 Å². The Morgan fingerprint density at radius 2 is 0.595 bits per heavy atom. The first-order chi connectivity index (χ1) is 39.0. The highest BCUT2D eigenvalue weighted by Gasteiger charge is 2.20. The first-order valence-corrected chi connectivity index (χ1v) is 36.1. The number of carbonyl (C=O) groups is 2. The molecular formula is C73H141NO5. The minimum absolute atomic E-state index is 0.00869. The topological polar surface area (TPSA) is 95.9 Å². The first-order valence-electron chi connectivity index (χ1n) is 36.1. The number of rotatable bonds is 68. The van der Waals surface area contributed by atoms with Gasteiger partial charge in [-0.05, 0) is 77.0 Å². The zero-order valence-electron chi connectivity index (χ0n) is 53.6. The van der Waals surface area contributed by atoms with Crippen LogP contribution in [0.4, 0.5) is 0 Å². The number of aliphatic hydroxyl groups excluding tert-OH is 2. The Bertz CT molecular complexity index is 1230. The molecule has 468 valence electrons. The molecule has 0 spiro atoms. The molecule has 0 aromatic rings. The van der Waals surface area contributed by atoms with Crippen LogP contribution in [0, 0.1) is 0 Å². The number of allylic oxidation sites excluding steroid dienone is 4. The van der Waals surface area contributed by atoms with E-state index in [0.29, 0.717) is 25.9 Å². The fourth-order valence-electron chi connectivity index (χ4n) is 11.5. The van der Waals surface area contributed by atoms with Crippen LogP contribution in [-0.2, 0) is 14.3 Å². The number of hydrogen-bond donors (Lipinski definition) is 3. The summed E-state index contributed by atoms with van der Waals surface area (Å²) in [6.07, 6.45) is 86.6. The fraction of sp³-hybridized carbons (Fsp3) is 0.918. The average molecular weight is 1110 g/mol. The van der Waals surface area contributed by atoms with Gasteiger partial charge in [-0.15, -0.1) is 0 Å². The molecule has 0 aliphatic rings. The Kier molecular flexibility index (Phi) is 67.4. The molecule has 0 rings (SSSR count). The second kappa shape index (κ2) is 68.8. The Labute approximate surface area is 494 Å². The number of carbonyl (C=O) groups excluding carboxylic acids is 2. The molecule has 0 bridgehead atoms. The molecule has 2 atom stereocenters. The number of nitrogens with one attached hydrogen (secondary N) is 1. The van der Waals surface area contributed by atoms with E-state index in [1.54, 1.807) is 0 Å². The maximum atomic E-state index is 12.5. The van der Waals surface area contributed by atoms with E-state index in [4.69, 9.17) is 4.74 Å². The molecule has 1 amide bonds. The van der Waals surface area contributed by atoms with Gasteiger partial charge in [-0.25, -0.2) is 0 Å². The maximum absolute atomic E-state index is 12.5. The van der Waals surface area contributed by atoms with Crippen molar-refractivity contribution >= 4 is 11.9 Å². The summed E-state index contributed by atoms with van der Waals surface area (Å²) in [4.78, 5) is 24.6. The van der Waals surface area contributed by atoms with E-state index in [1.807, 2.05) is 0 Å². The number of aliphatic hydroxyl groups is 2. The van der Waals surface area contributed by atoms with Crippen molar-refractivity contribution in [2.24, 2.45) is 0 Å². The minimum Gasteiger partial charge on any atom is -0.466 e. The van der Waals surface area contributed by atoms with E-state index in [0.717, 1.165) is 44.9 Å². The van der Waals surface area contributed by atoms with Crippen molar-refractivity contribution in [3.8, 4) is 0 Å². The molecule has 0 aromatic carbocycles. The third kappa shape index (κ3) is 65.4. The van der Waals surface area contributed by atoms with Crippen LogP contribution in [0.2, 0.25) is 0 Å². The largest absolute Gasteiger partial charge is 0.466 e. The Morgan fingerprint density at radius 1 is 0.342 bits per heavy atom. The van der Waals surface area contributed by atoms with Gasteiger partial charge < -0.3 is 20.3 Å². The highest BCUT2D eigenvalue weighted by atomic mass is 16.5. The summed E-state index contributed by atoms with van der Waals surface area (Å²) in [7, 11) is 0. The van der Waals surface area contributed by atoms with Crippen molar-refractivity contribution < 1.29 is 24.5 Å². The summed E-state index contributed by atoms with van der Waals surface area (Å²) >= 11 is 0. The van der Waals surface area contributed by atoms with Crippen molar-refractivity contribution in [1.82, 2.24) is 5.32 Å². The number of amides is 1. The molecule has 3 N–H and O–H groups in total. The summed E-state index contributed by atoms with van der Waals surface area (Å²) in [5.41, 5.74) is 0. The van der Waals surface area contributed by atoms with E-state index in [9.17, 15) is 19.8 Å². The van der Waals surface area contributed by atoms with Gasteiger partial charge in [0.25, 0.3) is 0 Å². The van der Waals surface area contributed by atoms with Crippen molar-refractivity contribution in [3.05, 3.63) is 24.3 Å². The van der Waals surface area contributed by atoms with Crippen LogP contribution in [0.15, 0.2) is 24.3 Å². The molecule has 0 aliphatic carbocycles. The van der Waals surface area contributed by atoms with Crippen molar-refractivity contribution in [2.75, 3.05) is 13.2 Å². The second-order valence-corrected chi connectivity index (χ2v) is 24.9. The lowest BCUT2D eigenvalue weighted by Gasteiger charge is -2.22. The van der Waals surface area contributed by atoms with Gasteiger partial charge >= 0.3 is 5.97 Å². The molecule has 6 nitrogen and oxygen atoms in total. The van der Waals surface area contributed by atoms with Crippen LogP contribution in [0.5, 0.6) is 0 Å². The summed E-state index contributed by atoms with van der Waals surface area (Å²) < 4.78 is 5.49. The van der Waals surface area contributed by atoms with E-state index in [2.05, 4.69) is 43.5 Å². The number of ether oxygens (including phenoxy) is 1. The molecule has 0 aliphatic heterocycles. The molecule has 2 unspecified atom stereocenters. The van der Waals surface area contributed by atoms with Gasteiger partial charge in [0.05, 0.1) is 25.4 Å². The van der Waals surface area contributed by atoms with Crippen LogP contribution in [0.3, 0.4) is 0 Å². The zero-order chi connectivity index (χ0) is 57.1. The van der Waals surface area contributed by atoms with Crippen molar-refractivity contribution in [3.63, 3.8) is 0 Å². The SMILES string of the molecule is CCCCCCCC/C=C\CCCCCCCC(=O)OCCCCCCCCCCCCCC/C=C\CCCCCCCCCCCCCCC(=O)NC(CO)C(O)CCCCCCCCCCCCCCCCCCCCC. The van der Waals surface area contributed by atoms with Crippen molar-refractivity contribution in [2.45, 2.75) is 418 Å². The molecule has 0 saturated carbocycles. The lowest BCUT2D eigenvalue weighted by Crippen LogP contribution is -2.45. The molecule has 0 aromatic heterocycles. The lowest BCUT2D eigenvalue weighted by molar-refractivity contribution is -0.143. The number of hydrogen-bond acceptors (Lipinski definition) is 5. The smallest absolute Gasteiger partial charge is 0.305 e. The van der Waals surface area contributed by atoms with Gasteiger partial charge in [0.1, 0.15) is 0 Å². The monoisotopic (exact) mass is 1110 g/mol. The molecular weight excluding hydrogens is 971 g/mol. The summed E-state index contributed by atoms with van der Waals surface area (Å²) in [5, 5.41) is 23.4. The van der Waals surface area contributed by atoms with Gasteiger partial charge in [-0.3, -0.25) is 9.59 Å². The van der Waals surface area contributed by atoms with Crippen LogP contribution in [-0.4, -0.2) is 47.4 Å². The summed E-state index contributed by atoms with van der Waals surface area (Å²) in [5.74, 6) is -0.0221. The maximum Gasteiger partial charge on any atom is 0.305 e. The minimum atomic E-state index is -0.665. The van der Waals surface area contributed by atoms with Crippen LogP contribution >= 0.6 is 0 Å². The van der Waals surface area contributed by atoms with E-state index in [1.165, 1.54) is 327 Å². The van der Waals surface area contributed by atoms with Crippen LogP contribution in [0.1, 0.15) is 406 Å². The van der Waals surface area contributed by atoms with E-state index in [-0.39, 0.29) is 18.5 Å². The normalized spacial score (nSPS) is 12.6. The third-order valence-electron chi connectivity index (χ3n) is 17.0. The van der Waals surface area contributed by atoms with E-state index < -0.39 is 12.1 Å². The second-order valence-electron chi connectivity index (χ2n) is 24.9. The quantitative estimate of drug-likeness (QED) is 0.0320. The standard InChI is InChI=1S/C73H141NO5/c1-3-5-7-9-11-13-15-17-19-20-31-34-38-41-45-49-53-57-61-65-71(76)70(69-75)74-72(77)66-62-58-54-50-46-42-39-35-32-29-27-25-23-21-22-24-26-28-30-33-36-40-44-48-52-56-60-64-68-79-73(78)67-63-59-55-51-47-43-37-18-16-14-12-10-8-6-4-2/h18,21-22,37,70-71,75-76H,3-17,19-20,23-36,38-69H2,1-2H3,(H,74,77)/b22-21-,37-18-. The Hall–Kier alpha value is -1.66. The molecule has 0 heterocycles. The molecule has 6 heteroatoms.